The van der Waals surface area contributed by atoms with E-state index in [9.17, 15) is 0 Å². The molecule has 0 aliphatic rings. The summed E-state index contributed by atoms with van der Waals surface area (Å²) in [4.78, 5) is 8.21. The Bertz CT molecular complexity index is 456. The van der Waals surface area contributed by atoms with E-state index in [1.807, 2.05) is 12.1 Å². The van der Waals surface area contributed by atoms with Crippen molar-refractivity contribution < 1.29 is 0 Å². The molecule has 0 unspecified atom stereocenters. The van der Waals surface area contributed by atoms with E-state index in [4.69, 9.17) is 5.73 Å². The SMILES string of the molecule is Nc1cc(Br)cc(CSc2cnccn2)c1. The lowest BCUT2D eigenvalue weighted by atomic mass is 10.2. The van der Waals surface area contributed by atoms with E-state index >= 15 is 0 Å². The van der Waals surface area contributed by atoms with E-state index < -0.39 is 0 Å². The van der Waals surface area contributed by atoms with Crippen molar-refractivity contribution in [3.8, 4) is 0 Å². The monoisotopic (exact) mass is 295 g/mol. The highest BCUT2D eigenvalue weighted by Gasteiger charge is 2.00. The molecule has 0 saturated heterocycles. The van der Waals surface area contributed by atoms with Crippen molar-refractivity contribution in [1.29, 1.82) is 0 Å². The highest BCUT2D eigenvalue weighted by molar-refractivity contribution is 9.10. The average molecular weight is 296 g/mol. The summed E-state index contributed by atoms with van der Waals surface area (Å²) in [6.07, 6.45) is 5.12. The summed E-state index contributed by atoms with van der Waals surface area (Å²) in [5.41, 5.74) is 7.70. The smallest absolute Gasteiger partial charge is 0.115 e. The van der Waals surface area contributed by atoms with Gasteiger partial charge in [0.05, 0.1) is 6.20 Å². The molecule has 0 aliphatic heterocycles. The first-order valence-electron chi connectivity index (χ1n) is 4.68. The van der Waals surface area contributed by atoms with Gasteiger partial charge in [0.25, 0.3) is 0 Å². The first kappa shape index (κ1) is 11.4. The van der Waals surface area contributed by atoms with E-state index in [1.165, 1.54) is 5.56 Å². The van der Waals surface area contributed by atoms with Gasteiger partial charge in [0, 0.05) is 28.3 Å². The van der Waals surface area contributed by atoms with E-state index in [2.05, 4.69) is 32.0 Å². The maximum Gasteiger partial charge on any atom is 0.115 e. The van der Waals surface area contributed by atoms with E-state index in [-0.39, 0.29) is 0 Å². The van der Waals surface area contributed by atoms with Crippen LogP contribution in [0.3, 0.4) is 0 Å². The molecule has 5 heteroatoms. The van der Waals surface area contributed by atoms with Crippen molar-refractivity contribution in [2.75, 3.05) is 5.73 Å². The van der Waals surface area contributed by atoms with E-state index in [0.29, 0.717) is 0 Å². The predicted molar refractivity (Wildman–Crippen MR) is 70.1 cm³/mol. The fourth-order valence-corrected chi connectivity index (χ4v) is 2.59. The molecule has 1 heterocycles. The lowest BCUT2D eigenvalue weighted by Gasteiger charge is -2.03. The summed E-state index contributed by atoms with van der Waals surface area (Å²) < 4.78 is 1.00. The third-order valence-electron chi connectivity index (χ3n) is 1.91. The zero-order valence-corrected chi connectivity index (χ0v) is 10.8. The van der Waals surface area contributed by atoms with Gasteiger partial charge in [-0.25, -0.2) is 4.98 Å². The third-order valence-corrected chi connectivity index (χ3v) is 3.35. The minimum Gasteiger partial charge on any atom is -0.399 e. The fourth-order valence-electron chi connectivity index (χ4n) is 1.28. The number of nitrogens with two attached hydrogens (primary N) is 1. The Morgan fingerprint density at radius 1 is 1.25 bits per heavy atom. The summed E-state index contributed by atoms with van der Waals surface area (Å²) in [7, 11) is 0. The largest absolute Gasteiger partial charge is 0.399 e. The lowest BCUT2D eigenvalue weighted by Crippen LogP contribution is -1.89. The Morgan fingerprint density at radius 2 is 2.12 bits per heavy atom. The van der Waals surface area contributed by atoms with Crippen molar-refractivity contribution in [1.82, 2.24) is 9.97 Å². The molecule has 2 aromatic rings. The molecule has 0 amide bonds. The number of anilines is 1. The topological polar surface area (TPSA) is 51.8 Å². The molecule has 82 valence electrons. The number of aromatic nitrogens is 2. The van der Waals surface area contributed by atoms with Gasteiger partial charge >= 0.3 is 0 Å². The Hall–Kier alpha value is -1.07. The van der Waals surface area contributed by atoms with Crippen LogP contribution in [0.2, 0.25) is 0 Å². The molecule has 16 heavy (non-hydrogen) atoms. The molecule has 1 aromatic carbocycles. The molecule has 2 N–H and O–H groups in total. The highest BCUT2D eigenvalue weighted by Crippen LogP contribution is 2.24. The van der Waals surface area contributed by atoms with Crippen LogP contribution in [0.1, 0.15) is 5.56 Å². The normalized spacial score (nSPS) is 10.3. The quantitative estimate of drug-likeness (QED) is 0.698. The van der Waals surface area contributed by atoms with E-state index in [0.717, 1.165) is 20.9 Å². The maximum absolute atomic E-state index is 5.76. The number of nitrogen functional groups attached to an aromatic ring is 1. The summed E-state index contributed by atoms with van der Waals surface area (Å²) in [6.45, 7) is 0. The average Bonchev–Trinajstić information content (AvgIpc) is 2.27. The molecule has 0 bridgehead atoms. The zero-order valence-electron chi connectivity index (χ0n) is 8.43. The number of benzene rings is 1. The van der Waals surface area contributed by atoms with Crippen LogP contribution in [0.25, 0.3) is 0 Å². The zero-order chi connectivity index (χ0) is 11.4. The molecular weight excluding hydrogens is 286 g/mol. The van der Waals surface area contributed by atoms with Crippen molar-refractivity contribution >= 4 is 33.4 Å². The molecule has 0 aliphatic carbocycles. The molecule has 0 radical (unpaired) electrons. The molecule has 1 aromatic heterocycles. The van der Waals surface area contributed by atoms with Gasteiger partial charge in [-0.3, -0.25) is 4.98 Å². The fraction of sp³-hybridized carbons (Fsp3) is 0.0909. The third kappa shape index (κ3) is 3.21. The van der Waals surface area contributed by atoms with Crippen molar-refractivity contribution in [3.05, 3.63) is 46.8 Å². The molecular formula is C11H10BrN3S. The minimum absolute atomic E-state index is 0.768. The Kier molecular flexibility index (Phi) is 3.79. The van der Waals surface area contributed by atoms with E-state index in [1.54, 1.807) is 30.4 Å². The van der Waals surface area contributed by atoms with Crippen LogP contribution < -0.4 is 5.73 Å². The Labute approximate surface area is 107 Å². The summed E-state index contributed by atoms with van der Waals surface area (Å²) in [5, 5.41) is 0.918. The van der Waals surface area contributed by atoms with Crippen LogP contribution >= 0.6 is 27.7 Å². The van der Waals surface area contributed by atoms with Gasteiger partial charge in [0.15, 0.2) is 0 Å². The van der Waals surface area contributed by atoms with Gasteiger partial charge in [0.1, 0.15) is 5.03 Å². The Morgan fingerprint density at radius 3 is 2.81 bits per heavy atom. The van der Waals surface area contributed by atoms with Gasteiger partial charge < -0.3 is 5.73 Å². The van der Waals surface area contributed by atoms with Gasteiger partial charge in [-0.1, -0.05) is 15.9 Å². The molecule has 0 fully saturated rings. The van der Waals surface area contributed by atoms with Crippen LogP contribution in [0.5, 0.6) is 0 Å². The van der Waals surface area contributed by atoms with Gasteiger partial charge in [-0.15, -0.1) is 11.8 Å². The number of hydrogen-bond acceptors (Lipinski definition) is 4. The minimum atomic E-state index is 0.768. The van der Waals surface area contributed by atoms with Crippen molar-refractivity contribution in [3.63, 3.8) is 0 Å². The molecule has 3 nitrogen and oxygen atoms in total. The van der Waals surface area contributed by atoms with Crippen LogP contribution in [0.15, 0.2) is 46.3 Å². The standard InChI is InChI=1S/C11H10BrN3S/c12-9-3-8(4-10(13)5-9)7-16-11-6-14-1-2-15-11/h1-6H,7,13H2. The summed E-state index contributed by atoms with van der Waals surface area (Å²) >= 11 is 5.06. The number of hydrogen-bond donors (Lipinski definition) is 1. The molecule has 0 atom stereocenters. The van der Waals surface area contributed by atoms with Crippen LogP contribution in [-0.4, -0.2) is 9.97 Å². The number of thioether (sulfide) groups is 1. The second kappa shape index (κ2) is 5.32. The van der Waals surface area contributed by atoms with Crippen molar-refractivity contribution in [2.45, 2.75) is 10.8 Å². The molecule has 0 spiro atoms. The lowest BCUT2D eigenvalue weighted by molar-refractivity contribution is 1.05. The number of rotatable bonds is 3. The first-order chi connectivity index (χ1) is 7.74. The van der Waals surface area contributed by atoms with Crippen molar-refractivity contribution in [2.24, 2.45) is 0 Å². The first-order valence-corrected chi connectivity index (χ1v) is 6.45. The Balaban J connectivity index is 2.05. The van der Waals surface area contributed by atoms with Gasteiger partial charge in [-0.2, -0.15) is 0 Å². The van der Waals surface area contributed by atoms with Crippen LogP contribution in [0, 0.1) is 0 Å². The van der Waals surface area contributed by atoms with Gasteiger partial charge in [0.2, 0.25) is 0 Å². The van der Waals surface area contributed by atoms with Crippen LogP contribution in [-0.2, 0) is 5.75 Å². The molecule has 2 rings (SSSR count). The highest BCUT2D eigenvalue weighted by atomic mass is 79.9. The maximum atomic E-state index is 5.76. The second-order valence-electron chi connectivity index (χ2n) is 3.23. The number of nitrogens with zero attached hydrogens (tertiary/aromatic N) is 2. The second-order valence-corrected chi connectivity index (χ2v) is 5.14. The summed E-state index contributed by atoms with van der Waals surface area (Å²) in [5.74, 6) is 0.836. The summed E-state index contributed by atoms with van der Waals surface area (Å²) in [6, 6.07) is 5.91. The van der Waals surface area contributed by atoms with Gasteiger partial charge in [-0.05, 0) is 23.8 Å². The number of halogens is 1. The molecule has 0 saturated carbocycles. The van der Waals surface area contributed by atoms with Crippen LogP contribution in [0.4, 0.5) is 5.69 Å². The predicted octanol–water partition coefficient (Wildman–Crippen LogP) is 3.11.